The van der Waals surface area contributed by atoms with Gasteiger partial charge in [0.1, 0.15) is 11.5 Å². The smallest absolute Gasteiger partial charge is 0.185 e. The molecule has 0 atom stereocenters. The van der Waals surface area contributed by atoms with Crippen LogP contribution in [0.3, 0.4) is 0 Å². The highest BCUT2D eigenvalue weighted by molar-refractivity contribution is 6.14. The van der Waals surface area contributed by atoms with Gasteiger partial charge in [-0.25, -0.2) is 0 Å². The van der Waals surface area contributed by atoms with Crippen LogP contribution < -0.4 is 9.47 Å². The van der Waals surface area contributed by atoms with Gasteiger partial charge in [0.05, 0.1) is 13.2 Å². The fourth-order valence-corrected chi connectivity index (χ4v) is 4.03. The van der Waals surface area contributed by atoms with E-state index in [-0.39, 0.29) is 5.78 Å². The van der Waals surface area contributed by atoms with Crippen LogP contribution >= 0.6 is 0 Å². The topological polar surface area (TPSA) is 35.5 Å². The molecule has 1 aliphatic rings. The molecule has 0 spiro atoms. The summed E-state index contributed by atoms with van der Waals surface area (Å²) >= 11 is 0. The number of ether oxygens (including phenoxy) is 2. The second-order valence-corrected chi connectivity index (χ2v) is 9.01. The number of unbranched alkanes of at least 4 members (excludes halogenated alkanes) is 2. The van der Waals surface area contributed by atoms with Gasteiger partial charge in [0.15, 0.2) is 5.78 Å². The molecule has 0 saturated heterocycles. The highest BCUT2D eigenvalue weighted by Gasteiger charge is 2.21. The number of carbonyl (C=O) groups excluding carboxylic acids is 1. The van der Waals surface area contributed by atoms with E-state index >= 15 is 0 Å². The number of allylic oxidation sites excluding steroid dienone is 2. The second kappa shape index (κ2) is 12.4. The van der Waals surface area contributed by atoms with Crippen molar-refractivity contribution in [3.8, 4) is 11.5 Å². The number of hydrogen-bond acceptors (Lipinski definition) is 3. The standard InChI is InChI=1S/C30H38O3/c1-5-7-16-32-28-14-12-22(3)18-26(28)20-24-10-9-11-25(30(24)31)21-27-19-23(4)13-15-29(27)33-17-8-6-2/h12-15,18-21H,5-11,16-17H2,1-4H3/b24-20+,25-21+. The first-order chi connectivity index (χ1) is 16.0. The summed E-state index contributed by atoms with van der Waals surface area (Å²) in [5, 5.41) is 0. The van der Waals surface area contributed by atoms with Gasteiger partial charge in [-0.3, -0.25) is 4.79 Å². The summed E-state index contributed by atoms with van der Waals surface area (Å²) in [5.74, 6) is 1.86. The van der Waals surface area contributed by atoms with Gasteiger partial charge in [-0.15, -0.1) is 0 Å². The maximum atomic E-state index is 13.4. The van der Waals surface area contributed by atoms with E-state index in [1.54, 1.807) is 0 Å². The lowest BCUT2D eigenvalue weighted by molar-refractivity contribution is -0.112. The van der Waals surface area contributed by atoms with Gasteiger partial charge in [0, 0.05) is 22.3 Å². The van der Waals surface area contributed by atoms with Gasteiger partial charge in [-0.2, -0.15) is 0 Å². The molecule has 0 amide bonds. The fraction of sp³-hybridized carbons (Fsp3) is 0.433. The Morgan fingerprint density at radius 3 is 1.64 bits per heavy atom. The number of Topliss-reactive ketones (excluding diaryl/α,β-unsaturated/α-hetero) is 1. The van der Waals surface area contributed by atoms with Gasteiger partial charge in [-0.1, -0.05) is 49.9 Å². The van der Waals surface area contributed by atoms with E-state index in [9.17, 15) is 4.79 Å². The van der Waals surface area contributed by atoms with E-state index in [0.717, 1.165) is 89.8 Å². The zero-order valence-corrected chi connectivity index (χ0v) is 20.7. The molecule has 0 radical (unpaired) electrons. The Bertz CT molecular complexity index is 934. The highest BCUT2D eigenvalue weighted by atomic mass is 16.5. The molecule has 3 nitrogen and oxygen atoms in total. The van der Waals surface area contributed by atoms with E-state index in [2.05, 4.69) is 52.0 Å². The molecule has 0 heterocycles. The van der Waals surface area contributed by atoms with E-state index in [1.807, 2.05) is 24.3 Å². The van der Waals surface area contributed by atoms with Crippen molar-refractivity contribution < 1.29 is 14.3 Å². The first-order valence-corrected chi connectivity index (χ1v) is 12.4. The molecule has 1 saturated carbocycles. The molecule has 33 heavy (non-hydrogen) atoms. The first kappa shape index (κ1) is 24.8. The van der Waals surface area contributed by atoms with Gasteiger partial charge in [0.25, 0.3) is 0 Å². The second-order valence-electron chi connectivity index (χ2n) is 9.01. The van der Waals surface area contributed by atoms with Crippen LogP contribution in [0.15, 0.2) is 47.5 Å². The molecule has 2 aromatic carbocycles. The summed E-state index contributed by atoms with van der Waals surface area (Å²) in [7, 11) is 0. The van der Waals surface area contributed by atoms with Crippen molar-refractivity contribution in [2.75, 3.05) is 13.2 Å². The largest absolute Gasteiger partial charge is 0.493 e. The van der Waals surface area contributed by atoms with Crippen molar-refractivity contribution in [1.82, 2.24) is 0 Å². The summed E-state index contributed by atoms with van der Waals surface area (Å²) in [5.41, 5.74) is 6.04. The maximum Gasteiger partial charge on any atom is 0.185 e. The lowest BCUT2D eigenvalue weighted by Gasteiger charge is -2.18. The number of benzene rings is 2. The van der Waals surface area contributed by atoms with Crippen LogP contribution in [0.2, 0.25) is 0 Å². The van der Waals surface area contributed by atoms with Crippen molar-refractivity contribution in [1.29, 1.82) is 0 Å². The molecule has 0 aliphatic heterocycles. The third-order valence-electron chi connectivity index (χ3n) is 5.98. The van der Waals surface area contributed by atoms with Crippen LogP contribution in [0.1, 0.15) is 81.0 Å². The van der Waals surface area contributed by atoms with Gasteiger partial charge >= 0.3 is 0 Å². The Balaban J connectivity index is 1.88. The normalized spacial score (nSPS) is 16.4. The van der Waals surface area contributed by atoms with Crippen molar-refractivity contribution in [3.05, 3.63) is 69.8 Å². The summed E-state index contributed by atoms with van der Waals surface area (Å²) in [6.45, 7) is 9.86. The van der Waals surface area contributed by atoms with E-state index in [0.29, 0.717) is 13.2 Å². The average molecular weight is 447 g/mol. The molecule has 0 N–H and O–H groups in total. The summed E-state index contributed by atoms with van der Waals surface area (Å²) in [6.07, 6.45) is 10.9. The third-order valence-corrected chi connectivity index (χ3v) is 5.98. The summed E-state index contributed by atoms with van der Waals surface area (Å²) in [4.78, 5) is 13.4. The minimum Gasteiger partial charge on any atom is -0.493 e. The minimum atomic E-state index is 0.142. The average Bonchev–Trinajstić information content (AvgIpc) is 2.79. The summed E-state index contributed by atoms with van der Waals surface area (Å²) < 4.78 is 12.0. The first-order valence-electron chi connectivity index (χ1n) is 12.4. The van der Waals surface area contributed by atoms with E-state index in [4.69, 9.17) is 9.47 Å². The van der Waals surface area contributed by atoms with Crippen LogP contribution in [0.25, 0.3) is 12.2 Å². The van der Waals surface area contributed by atoms with E-state index in [1.165, 1.54) is 0 Å². The predicted molar refractivity (Wildman–Crippen MR) is 138 cm³/mol. The fourth-order valence-electron chi connectivity index (χ4n) is 4.03. The molecule has 0 aromatic heterocycles. The SMILES string of the molecule is CCCCOc1ccc(C)cc1/C=C1\CCC/C(=C\c2cc(C)ccc2OCCCC)C1=O. The minimum absolute atomic E-state index is 0.142. The Kier molecular flexibility index (Phi) is 9.35. The molecule has 2 aromatic rings. The monoisotopic (exact) mass is 446 g/mol. The Morgan fingerprint density at radius 2 is 1.21 bits per heavy atom. The lowest BCUT2D eigenvalue weighted by atomic mass is 9.86. The molecule has 0 bridgehead atoms. The van der Waals surface area contributed by atoms with Gasteiger partial charge in [0.2, 0.25) is 0 Å². The zero-order chi connectivity index (χ0) is 23.6. The Hall–Kier alpha value is -2.81. The van der Waals surface area contributed by atoms with Gasteiger partial charge < -0.3 is 9.47 Å². The van der Waals surface area contributed by atoms with Crippen LogP contribution in [0, 0.1) is 13.8 Å². The molecular weight excluding hydrogens is 408 g/mol. The zero-order valence-electron chi connectivity index (χ0n) is 20.7. The molecule has 3 heteroatoms. The summed E-state index contributed by atoms with van der Waals surface area (Å²) in [6, 6.07) is 12.4. The number of rotatable bonds is 10. The predicted octanol–water partition coefficient (Wildman–Crippen LogP) is 7.88. The van der Waals surface area contributed by atoms with Crippen molar-refractivity contribution in [2.24, 2.45) is 0 Å². The van der Waals surface area contributed by atoms with E-state index < -0.39 is 0 Å². The quantitative estimate of drug-likeness (QED) is 0.275. The Morgan fingerprint density at radius 1 is 0.758 bits per heavy atom. The van der Waals surface area contributed by atoms with Crippen LogP contribution in [0.5, 0.6) is 11.5 Å². The molecule has 1 fully saturated rings. The number of ketones is 1. The number of hydrogen-bond donors (Lipinski definition) is 0. The maximum absolute atomic E-state index is 13.4. The number of carbonyl (C=O) groups is 1. The van der Waals surface area contributed by atoms with Crippen LogP contribution in [-0.4, -0.2) is 19.0 Å². The Labute approximate surface area is 199 Å². The third kappa shape index (κ3) is 7.08. The van der Waals surface area contributed by atoms with Crippen molar-refractivity contribution in [3.63, 3.8) is 0 Å². The molecule has 0 unspecified atom stereocenters. The van der Waals surface area contributed by atoms with Crippen LogP contribution in [0.4, 0.5) is 0 Å². The molecule has 1 aliphatic carbocycles. The van der Waals surface area contributed by atoms with Crippen LogP contribution in [-0.2, 0) is 4.79 Å². The van der Waals surface area contributed by atoms with Crippen molar-refractivity contribution >= 4 is 17.9 Å². The molecule has 176 valence electrons. The van der Waals surface area contributed by atoms with Crippen molar-refractivity contribution in [2.45, 2.75) is 72.6 Å². The lowest BCUT2D eigenvalue weighted by Crippen LogP contribution is -2.12. The molecular formula is C30H38O3. The van der Waals surface area contributed by atoms with Gasteiger partial charge in [-0.05, 0) is 82.4 Å². The molecule has 3 rings (SSSR count). The number of aryl methyl sites for hydroxylation is 2. The highest BCUT2D eigenvalue weighted by Crippen LogP contribution is 2.32.